The molecule has 0 aromatic carbocycles. The van der Waals surface area contributed by atoms with Gasteiger partial charge < -0.3 is 9.62 Å². The zero-order valence-corrected chi connectivity index (χ0v) is 9.05. The normalized spacial score (nSPS) is 9.18. The molecule has 0 aliphatic heterocycles. The Morgan fingerprint density at radius 2 is 1.18 bits per heavy atom. The van der Waals surface area contributed by atoms with Crippen LogP contribution in [0, 0.1) is 0 Å². The lowest BCUT2D eigenvalue weighted by atomic mass is 9.67. The molecule has 0 N–H and O–H groups in total. The third kappa shape index (κ3) is 17.8. The fourth-order valence-corrected chi connectivity index (χ4v) is 0. The molecule has 0 aromatic rings. The molecule has 0 fully saturated rings. The first kappa shape index (κ1) is 13.6. The SMILES string of the molecule is CB(C)N(C)C.C[B]N(C)C. The summed E-state index contributed by atoms with van der Waals surface area (Å²) in [7, 11) is 10.1. The Balaban J connectivity index is 0. The highest BCUT2D eigenvalue weighted by molar-refractivity contribution is 6.52. The van der Waals surface area contributed by atoms with E-state index in [0.717, 1.165) is 0 Å². The van der Waals surface area contributed by atoms with E-state index in [4.69, 9.17) is 0 Å². The van der Waals surface area contributed by atoms with Gasteiger partial charge in [-0.15, -0.1) is 0 Å². The van der Waals surface area contributed by atoms with Crippen LogP contribution in [-0.4, -0.2) is 52.1 Å². The van der Waals surface area contributed by atoms with Crippen LogP contribution >= 0.6 is 0 Å². The monoisotopic (exact) mass is 155 g/mol. The van der Waals surface area contributed by atoms with Crippen LogP contribution < -0.4 is 0 Å². The van der Waals surface area contributed by atoms with E-state index in [-0.39, 0.29) is 0 Å². The van der Waals surface area contributed by atoms with Crippen molar-refractivity contribution in [2.24, 2.45) is 0 Å². The quantitative estimate of drug-likeness (QED) is 0.549. The van der Waals surface area contributed by atoms with Crippen molar-refractivity contribution in [3.05, 3.63) is 0 Å². The average molecular weight is 155 g/mol. The predicted molar refractivity (Wildman–Crippen MR) is 56.5 cm³/mol. The zero-order chi connectivity index (χ0) is 9.44. The highest BCUT2D eigenvalue weighted by atomic mass is 15.0. The largest absolute Gasteiger partial charge is 0.352 e. The van der Waals surface area contributed by atoms with Gasteiger partial charge in [-0.1, -0.05) is 20.5 Å². The molecule has 65 valence electrons. The second kappa shape index (κ2) is 8.15. The summed E-state index contributed by atoms with van der Waals surface area (Å²) in [6, 6.07) is 0. The summed E-state index contributed by atoms with van der Waals surface area (Å²) >= 11 is 0. The van der Waals surface area contributed by atoms with Crippen molar-refractivity contribution in [2.45, 2.75) is 20.5 Å². The maximum Gasteiger partial charge on any atom is 0.216 e. The molecule has 0 aromatic heterocycles. The van der Waals surface area contributed by atoms with E-state index >= 15 is 0 Å². The lowest BCUT2D eigenvalue weighted by Gasteiger charge is -2.08. The number of nitrogens with zero attached hydrogens (tertiary/aromatic N) is 2. The Kier molecular flexibility index (Phi) is 10.1. The molecule has 0 aliphatic carbocycles. The van der Waals surface area contributed by atoms with Gasteiger partial charge in [-0.25, -0.2) is 0 Å². The molecule has 0 heterocycles. The van der Waals surface area contributed by atoms with E-state index < -0.39 is 0 Å². The topological polar surface area (TPSA) is 6.48 Å². The van der Waals surface area contributed by atoms with Crippen LogP contribution in [0.3, 0.4) is 0 Å². The maximum atomic E-state index is 2.17. The lowest BCUT2D eigenvalue weighted by molar-refractivity contribution is 0.648. The third-order valence-corrected chi connectivity index (χ3v) is 1.55. The van der Waals surface area contributed by atoms with Gasteiger partial charge in [-0.3, -0.25) is 0 Å². The first-order valence-electron chi connectivity index (χ1n) is 4.04. The van der Waals surface area contributed by atoms with Gasteiger partial charge in [0.2, 0.25) is 14.3 Å². The molecule has 0 amide bonds. The first-order valence-corrected chi connectivity index (χ1v) is 4.04. The van der Waals surface area contributed by atoms with Gasteiger partial charge in [-0.2, -0.15) is 0 Å². The Morgan fingerprint density at radius 1 is 1.00 bits per heavy atom. The molecule has 0 atom stereocenters. The lowest BCUT2D eigenvalue weighted by Crippen LogP contribution is -2.25. The maximum absolute atomic E-state index is 2.17. The fraction of sp³-hybridized carbons (Fsp3) is 1.00. The molecule has 0 bridgehead atoms. The van der Waals surface area contributed by atoms with E-state index in [0.29, 0.717) is 6.85 Å². The first-order chi connectivity index (χ1) is 4.91. The van der Waals surface area contributed by atoms with Gasteiger partial charge in [-0.05, 0) is 28.2 Å². The highest BCUT2D eigenvalue weighted by Crippen LogP contribution is 1.79. The molecule has 4 heteroatoms. The van der Waals surface area contributed by atoms with Crippen LogP contribution in [0.4, 0.5) is 0 Å². The summed E-state index contributed by atoms with van der Waals surface area (Å²) in [5, 5.41) is 0. The van der Waals surface area contributed by atoms with E-state index in [9.17, 15) is 0 Å². The van der Waals surface area contributed by atoms with Crippen molar-refractivity contribution in [1.82, 2.24) is 9.62 Å². The Labute approximate surface area is 73.3 Å². The molecule has 0 rings (SSSR count). The van der Waals surface area contributed by atoms with Crippen molar-refractivity contribution >= 4 is 14.3 Å². The Morgan fingerprint density at radius 3 is 1.18 bits per heavy atom. The Bertz CT molecular complexity index is 68.8. The van der Waals surface area contributed by atoms with E-state index in [2.05, 4.69) is 32.6 Å². The minimum atomic E-state index is 0.685. The fourth-order valence-electron chi connectivity index (χ4n) is 0. The summed E-state index contributed by atoms with van der Waals surface area (Å²) in [5.41, 5.74) is 0. The molecule has 11 heavy (non-hydrogen) atoms. The summed E-state index contributed by atoms with van der Waals surface area (Å²) in [5.74, 6) is 0. The van der Waals surface area contributed by atoms with Crippen molar-refractivity contribution in [3.63, 3.8) is 0 Å². The van der Waals surface area contributed by atoms with Crippen molar-refractivity contribution in [2.75, 3.05) is 28.2 Å². The predicted octanol–water partition coefficient (Wildman–Crippen LogP) is 1.01. The summed E-state index contributed by atoms with van der Waals surface area (Å²) in [6.45, 7) is 7.02. The molecular formula is C7H21B2N2. The molecule has 2 nitrogen and oxygen atoms in total. The molecule has 1 radical (unpaired) electrons. The summed E-state index contributed by atoms with van der Waals surface area (Å²) in [6.07, 6.45) is 0. The molecule has 0 spiro atoms. The van der Waals surface area contributed by atoms with Gasteiger partial charge in [0.15, 0.2) is 0 Å². The number of hydrogen-bond acceptors (Lipinski definition) is 2. The summed E-state index contributed by atoms with van der Waals surface area (Å²) in [4.78, 5) is 4.17. The highest BCUT2D eigenvalue weighted by Gasteiger charge is 1.97. The van der Waals surface area contributed by atoms with Gasteiger partial charge in [0, 0.05) is 0 Å². The van der Waals surface area contributed by atoms with E-state index in [1.54, 1.807) is 0 Å². The van der Waals surface area contributed by atoms with Crippen LogP contribution in [0.5, 0.6) is 0 Å². The van der Waals surface area contributed by atoms with Gasteiger partial charge >= 0.3 is 0 Å². The van der Waals surface area contributed by atoms with Crippen LogP contribution in [0.15, 0.2) is 0 Å². The third-order valence-electron chi connectivity index (χ3n) is 1.55. The second-order valence-electron chi connectivity index (χ2n) is 3.28. The van der Waals surface area contributed by atoms with Crippen molar-refractivity contribution in [1.29, 1.82) is 0 Å². The smallest absolute Gasteiger partial charge is 0.216 e. The van der Waals surface area contributed by atoms with Crippen LogP contribution in [0.25, 0.3) is 0 Å². The van der Waals surface area contributed by atoms with Gasteiger partial charge in [0.25, 0.3) is 0 Å². The molecule has 0 unspecified atom stereocenters. The standard InChI is InChI=1S/C4H12BN.C3H9BN/c1-5(2)6(3)4;1-4-5(2)3/h1-4H3;1-3H3. The minimum absolute atomic E-state index is 0.685. The molecule has 0 aliphatic rings. The summed E-state index contributed by atoms with van der Waals surface area (Å²) < 4.78 is 0. The molecule has 0 saturated heterocycles. The van der Waals surface area contributed by atoms with Crippen molar-refractivity contribution in [3.8, 4) is 0 Å². The molecule has 0 saturated carbocycles. The second-order valence-corrected chi connectivity index (χ2v) is 3.28. The van der Waals surface area contributed by atoms with Crippen molar-refractivity contribution < 1.29 is 0 Å². The van der Waals surface area contributed by atoms with Gasteiger partial charge in [0.05, 0.1) is 0 Å². The minimum Gasteiger partial charge on any atom is -0.352 e. The number of hydrogen-bond donors (Lipinski definition) is 0. The average Bonchev–Trinajstić information content (AvgIpc) is 1.89. The number of rotatable bonds is 2. The van der Waals surface area contributed by atoms with Crippen LogP contribution in [0.1, 0.15) is 0 Å². The molecular weight excluding hydrogens is 134 g/mol. The van der Waals surface area contributed by atoms with Crippen LogP contribution in [-0.2, 0) is 0 Å². The van der Waals surface area contributed by atoms with E-state index in [1.165, 1.54) is 0 Å². The van der Waals surface area contributed by atoms with Crippen LogP contribution in [0.2, 0.25) is 20.5 Å². The van der Waals surface area contributed by atoms with E-state index in [1.807, 2.05) is 33.1 Å². The zero-order valence-electron chi connectivity index (χ0n) is 9.05. The Hall–Kier alpha value is 0.0499. The van der Waals surface area contributed by atoms with Gasteiger partial charge in [0.1, 0.15) is 0 Å².